The van der Waals surface area contributed by atoms with Crippen LogP contribution in [0.15, 0.2) is 36.4 Å². The number of rotatable bonds is 3. The third-order valence-electron chi connectivity index (χ3n) is 3.46. The Kier molecular flexibility index (Phi) is 3.14. The van der Waals surface area contributed by atoms with Gasteiger partial charge in [-0.05, 0) is 36.8 Å². The quantitative estimate of drug-likeness (QED) is 0.899. The highest BCUT2D eigenvalue weighted by Crippen LogP contribution is 2.38. The Morgan fingerprint density at radius 1 is 1.25 bits per heavy atom. The number of hydrogen-bond donors (Lipinski definition) is 2. The lowest BCUT2D eigenvalue weighted by molar-refractivity contribution is 0.337. The van der Waals surface area contributed by atoms with E-state index in [1.54, 1.807) is 19.2 Å². The number of hydrogen-bond acceptors (Lipinski definition) is 4. The molecule has 0 radical (unpaired) electrons. The van der Waals surface area contributed by atoms with Crippen LogP contribution < -0.4 is 14.8 Å². The highest BCUT2D eigenvalue weighted by atomic mass is 16.5. The molecule has 3 rings (SSSR count). The van der Waals surface area contributed by atoms with Gasteiger partial charge in [0.05, 0.1) is 18.8 Å². The molecule has 0 saturated heterocycles. The van der Waals surface area contributed by atoms with Crippen LogP contribution in [0.5, 0.6) is 17.2 Å². The molecule has 1 atom stereocenters. The third kappa shape index (κ3) is 2.25. The average Bonchev–Trinajstić information content (AvgIpc) is 2.81. The SMILES string of the molecule is COc1ccc(C)cc1NC1COc2cc(O)ccc21. The minimum absolute atomic E-state index is 0.0568. The Labute approximate surface area is 118 Å². The largest absolute Gasteiger partial charge is 0.508 e. The van der Waals surface area contributed by atoms with E-state index in [4.69, 9.17) is 9.47 Å². The highest BCUT2D eigenvalue weighted by Gasteiger charge is 2.25. The van der Waals surface area contributed by atoms with Crippen LogP contribution in [0.4, 0.5) is 5.69 Å². The zero-order valence-corrected chi connectivity index (χ0v) is 11.5. The number of phenolic OH excluding ortho intramolecular Hbond substituents is 1. The minimum Gasteiger partial charge on any atom is -0.508 e. The van der Waals surface area contributed by atoms with Crippen LogP contribution in [0.3, 0.4) is 0 Å². The molecule has 0 aliphatic carbocycles. The van der Waals surface area contributed by atoms with Gasteiger partial charge in [0.2, 0.25) is 0 Å². The van der Waals surface area contributed by atoms with Crippen molar-refractivity contribution in [1.82, 2.24) is 0 Å². The summed E-state index contributed by atoms with van der Waals surface area (Å²) in [6.07, 6.45) is 0. The number of methoxy groups -OCH3 is 1. The monoisotopic (exact) mass is 271 g/mol. The van der Waals surface area contributed by atoms with Crippen LogP contribution in [0.1, 0.15) is 17.2 Å². The number of aryl methyl sites for hydroxylation is 1. The van der Waals surface area contributed by atoms with Crippen molar-refractivity contribution in [3.05, 3.63) is 47.5 Å². The lowest BCUT2D eigenvalue weighted by atomic mass is 10.1. The molecular weight excluding hydrogens is 254 g/mol. The van der Waals surface area contributed by atoms with Crippen LogP contribution in [0.2, 0.25) is 0 Å². The van der Waals surface area contributed by atoms with Crippen molar-refractivity contribution in [2.75, 3.05) is 19.0 Å². The summed E-state index contributed by atoms with van der Waals surface area (Å²) in [4.78, 5) is 0. The van der Waals surface area contributed by atoms with Crippen molar-refractivity contribution >= 4 is 5.69 Å². The Morgan fingerprint density at radius 3 is 2.90 bits per heavy atom. The van der Waals surface area contributed by atoms with Crippen molar-refractivity contribution < 1.29 is 14.6 Å². The zero-order chi connectivity index (χ0) is 14.1. The van der Waals surface area contributed by atoms with E-state index in [0.717, 1.165) is 28.3 Å². The highest BCUT2D eigenvalue weighted by molar-refractivity contribution is 5.60. The number of ether oxygens (including phenoxy) is 2. The summed E-state index contributed by atoms with van der Waals surface area (Å²) in [5, 5.41) is 12.9. The van der Waals surface area contributed by atoms with Gasteiger partial charge in [0.25, 0.3) is 0 Å². The molecule has 2 N–H and O–H groups in total. The molecule has 1 aliphatic rings. The predicted octanol–water partition coefficient (Wildman–Crippen LogP) is 3.25. The van der Waals surface area contributed by atoms with Crippen molar-refractivity contribution in [2.45, 2.75) is 13.0 Å². The molecule has 4 heteroatoms. The maximum Gasteiger partial charge on any atom is 0.141 e. The van der Waals surface area contributed by atoms with Crippen molar-refractivity contribution in [3.8, 4) is 17.2 Å². The summed E-state index contributed by atoms with van der Waals surface area (Å²) < 4.78 is 11.0. The molecule has 0 amide bonds. The van der Waals surface area contributed by atoms with Crippen LogP contribution in [0, 0.1) is 6.92 Å². The normalized spacial score (nSPS) is 16.4. The van der Waals surface area contributed by atoms with E-state index in [-0.39, 0.29) is 11.8 Å². The van der Waals surface area contributed by atoms with Gasteiger partial charge in [-0.25, -0.2) is 0 Å². The third-order valence-corrected chi connectivity index (χ3v) is 3.46. The zero-order valence-electron chi connectivity index (χ0n) is 11.5. The van der Waals surface area contributed by atoms with Gasteiger partial charge in [0.15, 0.2) is 0 Å². The predicted molar refractivity (Wildman–Crippen MR) is 77.7 cm³/mol. The van der Waals surface area contributed by atoms with Crippen LogP contribution in [-0.4, -0.2) is 18.8 Å². The second kappa shape index (κ2) is 4.96. The first-order chi connectivity index (χ1) is 9.67. The fraction of sp³-hybridized carbons (Fsp3) is 0.250. The molecule has 1 heterocycles. The molecule has 1 unspecified atom stereocenters. The number of nitrogens with one attached hydrogen (secondary N) is 1. The molecule has 4 nitrogen and oxygen atoms in total. The van der Waals surface area contributed by atoms with Crippen LogP contribution in [0.25, 0.3) is 0 Å². The minimum atomic E-state index is 0.0568. The second-order valence-corrected chi connectivity index (χ2v) is 4.93. The van der Waals surface area contributed by atoms with E-state index in [9.17, 15) is 5.11 Å². The Balaban J connectivity index is 1.89. The average molecular weight is 271 g/mol. The number of fused-ring (bicyclic) bond motifs is 1. The van der Waals surface area contributed by atoms with Gasteiger partial charge in [-0.15, -0.1) is 0 Å². The summed E-state index contributed by atoms with van der Waals surface area (Å²) in [5.41, 5.74) is 3.16. The Morgan fingerprint density at radius 2 is 2.10 bits per heavy atom. The first-order valence-electron chi connectivity index (χ1n) is 6.54. The summed E-state index contributed by atoms with van der Waals surface area (Å²) in [7, 11) is 1.66. The van der Waals surface area contributed by atoms with E-state index in [2.05, 4.69) is 11.4 Å². The fourth-order valence-corrected chi connectivity index (χ4v) is 2.44. The van der Waals surface area contributed by atoms with E-state index in [0.29, 0.717) is 6.61 Å². The van der Waals surface area contributed by atoms with Crippen molar-refractivity contribution in [2.24, 2.45) is 0 Å². The maximum absolute atomic E-state index is 9.47. The Bertz CT molecular complexity index is 640. The summed E-state index contributed by atoms with van der Waals surface area (Å²) in [6, 6.07) is 11.3. The standard InChI is InChI=1S/C16H17NO3/c1-10-3-6-15(19-2)13(7-10)17-14-9-20-16-8-11(18)4-5-12(14)16/h3-8,14,17-18H,9H2,1-2H3. The maximum atomic E-state index is 9.47. The Hall–Kier alpha value is -2.36. The molecule has 0 spiro atoms. The van der Waals surface area contributed by atoms with Gasteiger partial charge in [-0.3, -0.25) is 0 Å². The first kappa shape index (κ1) is 12.7. The number of benzene rings is 2. The summed E-state index contributed by atoms with van der Waals surface area (Å²) >= 11 is 0. The van der Waals surface area contributed by atoms with Gasteiger partial charge in [-0.1, -0.05) is 6.07 Å². The van der Waals surface area contributed by atoms with Gasteiger partial charge in [0, 0.05) is 11.6 Å². The smallest absolute Gasteiger partial charge is 0.141 e. The van der Waals surface area contributed by atoms with E-state index < -0.39 is 0 Å². The van der Waals surface area contributed by atoms with Crippen molar-refractivity contribution in [3.63, 3.8) is 0 Å². The molecule has 104 valence electrons. The van der Waals surface area contributed by atoms with Crippen molar-refractivity contribution in [1.29, 1.82) is 0 Å². The second-order valence-electron chi connectivity index (χ2n) is 4.93. The molecule has 0 bridgehead atoms. The fourth-order valence-electron chi connectivity index (χ4n) is 2.44. The number of phenols is 1. The van der Waals surface area contributed by atoms with Gasteiger partial charge >= 0.3 is 0 Å². The lowest BCUT2D eigenvalue weighted by Crippen LogP contribution is -2.12. The van der Waals surface area contributed by atoms with Gasteiger partial charge in [-0.2, -0.15) is 0 Å². The first-order valence-corrected chi connectivity index (χ1v) is 6.54. The molecule has 20 heavy (non-hydrogen) atoms. The van der Waals surface area contributed by atoms with Gasteiger partial charge < -0.3 is 19.9 Å². The molecule has 0 saturated carbocycles. The molecule has 0 fully saturated rings. The number of anilines is 1. The van der Waals surface area contributed by atoms with Crippen LogP contribution in [-0.2, 0) is 0 Å². The van der Waals surface area contributed by atoms with Crippen LogP contribution >= 0.6 is 0 Å². The molecular formula is C16H17NO3. The van der Waals surface area contributed by atoms with E-state index in [1.165, 1.54) is 0 Å². The molecule has 2 aromatic carbocycles. The van der Waals surface area contributed by atoms with E-state index in [1.807, 2.05) is 25.1 Å². The topological polar surface area (TPSA) is 50.7 Å². The summed E-state index contributed by atoms with van der Waals surface area (Å²) in [6.45, 7) is 2.58. The number of aromatic hydroxyl groups is 1. The molecule has 0 aromatic heterocycles. The summed E-state index contributed by atoms with van der Waals surface area (Å²) in [5.74, 6) is 1.76. The molecule has 1 aliphatic heterocycles. The van der Waals surface area contributed by atoms with E-state index >= 15 is 0 Å². The van der Waals surface area contributed by atoms with Gasteiger partial charge in [0.1, 0.15) is 23.9 Å². The molecule has 2 aromatic rings. The lowest BCUT2D eigenvalue weighted by Gasteiger charge is -2.16.